The first-order valence-electron chi connectivity index (χ1n) is 25.0. The summed E-state index contributed by atoms with van der Waals surface area (Å²) in [5.41, 5.74) is 0. The highest BCUT2D eigenvalue weighted by molar-refractivity contribution is 7.47. The summed E-state index contributed by atoms with van der Waals surface area (Å²) in [5, 5.41) is 24.7. The lowest BCUT2D eigenvalue weighted by Crippen LogP contribution is -2.51. The number of rotatable bonds is 46. The predicted molar refractivity (Wildman–Crippen MR) is 246 cm³/mol. The maximum absolute atomic E-state index is 12.9. The summed E-state index contributed by atoms with van der Waals surface area (Å²) in [6.45, 7) is 4.63. The molecule has 0 rings (SSSR count). The standard InChI is InChI=1S/C48H99N2O7P/c1-6-8-10-12-14-16-18-20-21-22-23-24-25-26-27-28-29-31-33-35-37-39-41-47(52)49-45(44-57-58(54,55)56-43-42-50(3,4)5)48(53)46(51)40-38-36-34-32-30-19-17-15-13-11-9-7-2/h45-46,48,51,53H,6-44H2,1-5H3,(H-,49,52,54,55)/p+1. The highest BCUT2D eigenvalue weighted by atomic mass is 31.2. The van der Waals surface area contributed by atoms with Gasteiger partial charge in [0, 0.05) is 6.42 Å². The summed E-state index contributed by atoms with van der Waals surface area (Å²) >= 11 is 0. The lowest BCUT2D eigenvalue weighted by molar-refractivity contribution is -0.870. The molecule has 0 saturated heterocycles. The van der Waals surface area contributed by atoms with Crippen molar-refractivity contribution < 1.29 is 38.0 Å². The summed E-state index contributed by atoms with van der Waals surface area (Å²) in [5.74, 6) is -0.253. The number of hydrogen-bond acceptors (Lipinski definition) is 6. The molecule has 0 heterocycles. The second-order valence-electron chi connectivity index (χ2n) is 18.7. The van der Waals surface area contributed by atoms with E-state index in [0.29, 0.717) is 23.9 Å². The van der Waals surface area contributed by atoms with E-state index in [1.807, 2.05) is 21.1 Å². The normalized spacial score (nSPS) is 14.7. The van der Waals surface area contributed by atoms with E-state index < -0.39 is 32.7 Å². The molecular weight excluding hydrogens is 748 g/mol. The number of carbonyl (C=O) groups is 1. The van der Waals surface area contributed by atoms with Crippen LogP contribution in [-0.4, -0.2) is 84.6 Å². The molecule has 4 atom stereocenters. The van der Waals surface area contributed by atoms with Crippen molar-refractivity contribution in [3.8, 4) is 0 Å². The third kappa shape index (κ3) is 40.8. The van der Waals surface area contributed by atoms with Crippen molar-refractivity contribution in [2.75, 3.05) is 40.9 Å². The molecule has 0 fully saturated rings. The maximum atomic E-state index is 12.9. The molecule has 9 nitrogen and oxygen atoms in total. The molecule has 0 radical (unpaired) electrons. The SMILES string of the molecule is CCCCCCCCCCCCCCCCCCCCCCCCC(=O)NC(COP(=O)(O)OCC[N+](C)(C)C)C(O)C(O)CCCCCCCCCCCCCC. The first-order chi connectivity index (χ1) is 27.9. The van der Waals surface area contributed by atoms with Gasteiger partial charge in [0.15, 0.2) is 0 Å². The molecule has 348 valence electrons. The van der Waals surface area contributed by atoms with Gasteiger partial charge in [-0.3, -0.25) is 13.8 Å². The van der Waals surface area contributed by atoms with Crippen LogP contribution in [0.3, 0.4) is 0 Å². The quantitative estimate of drug-likeness (QED) is 0.0273. The lowest BCUT2D eigenvalue weighted by Gasteiger charge is -2.28. The minimum atomic E-state index is -4.41. The highest BCUT2D eigenvalue weighted by Crippen LogP contribution is 2.43. The zero-order valence-corrected chi connectivity index (χ0v) is 40.1. The minimum Gasteiger partial charge on any atom is -0.390 e. The van der Waals surface area contributed by atoms with E-state index in [0.717, 1.165) is 38.5 Å². The second-order valence-corrected chi connectivity index (χ2v) is 20.1. The van der Waals surface area contributed by atoms with E-state index in [1.54, 1.807) is 0 Å². The number of aliphatic hydroxyl groups excluding tert-OH is 2. The summed E-state index contributed by atoms with van der Waals surface area (Å²) in [4.78, 5) is 23.2. The van der Waals surface area contributed by atoms with E-state index in [-0.39, 0.29) is 12.5 Å². The number of amides is 1. The van der Waals surface area contributed by atoms with Gasteiger partial charge in [-0.1, -0.05) is 226 Å². The number of carbonyl (C=O) groups excluding carboxylic acids is 1. The Labute approximate surface area is 360 Å². The smallest absolute Gasteiger partial charge is 0.390 e. The fourth-order valence-electron chi connectivity index (χ4n) is 7.67. The van der Waals surface area contributed by atoms with Gasteiger partial charge in [-0.15, -0.1) is 0 Å². The predicted octanol–water partition coefficient (Wildman–Crippen LogP) is 13.1. The molecule has 4 unspecified atom stereocenters. The molecule has 0 aromatic carbocycles. The summed E-state index contributed by atoms with van der Waals surface area (Å²) in [6, 6.07) is -1.03. The van der Waals surface area contributed by atoms with Crippen LogP contribution < -0.4 is 5.32 Å². The molecule has 0 spiro atoms. The number of nitrogens with one attached hydrogen (secondary N) is 1. The molecule has 0 aromatic rings. The molecule has 0 bridgehead atoms. The molecule has 58 heavy (non-hydrogen) atoms. The van der Waals surface area contributed by atoms with Gasteiger partial charge in [0.1, 0.15) is 19.3 Å². The Kier molecular flexibility index (Phi) is 40.2. The molecule has 10 heteroatoms. The fraction of sp³-hybridized carbons (Fsp3) is 0.979. The number of phosphoric ester groups is 1. The number of nitrogens with zero attached hydrogens (tertiary/aromatic N) is 1. The molecule has 0 saturated carbocycles. The lowest BCUT2D eigenvalue weighted by atomic mass is 9.99. The summed E-state index contributed by atoms with van der Waals surface area (Å²) < 4.78 is 23.6. The number of quaternary nitrogens is 1. The van der Waals surface area contributed by atoms with Crippen LogP contribution in [0.4, 0.5) is 0 Å². The largest absolute Gasteiger partial charge is 0.472 e. The molecule has 4 N–H and O–H groups in total. The van der Waals surface area contributed by atoms with E-state index >= 15 is 0 Å². The first kappa shape index (κ1) is 57.5. The average Bonchev–Trinajstić information content (AvgIpc) is 3.17. The monoisotopic (exact) mass is 848 g/mol. The van der Waals surface area contributed by atoms with Crippen LogP contribution in [0.15, 0.2) is 0 Å². The van der Waals surface area contributed by atoms with Crippen LogP contribution >= 0.6 is 7.82 Å². The Balaban J connectivity index is 4.29. The fourth-order valence-corrected chi connectivity index (χ4v) is 8.41. The van der Waals surface area contributed by atoms with Crippen LogP contribution in [-0.2, 0) is 18.4 Å². The Morgan fingerprint density at radius 1 is 0.534 bits per heavy atom. The van der Waals surface area contributed by atoms with Crippen molar-refractivity contribution in [3.63, 3.8) is 0 Å². The maximum Gasteiger partial charge on any atom is 0.472 e. The Hall–Kier alpha value is -0.540. The van der Waals surface area contributed by atoms with E-state index in [4.69, 9.17) is 9.05 Å². The Morgan fingerprint density at radius 2 is 0.862 bits per heavy atom. The van der Waals surface area contributed by atoms with Gasteiger partial charge in [-0.2, -0.15) is 0 Å². The van der Waals surface area contributed by atoms with Crippen molar-refractivity contribution in [3.05, 3.63) is 0 Å². The molecule has 0 aliphatic carbocycles. The number of phosphoric acid groups is 1. The van der Waals surface area contributed by atoms with Crippen LogP contribution in [0.2, 0.25) is 0 Å². The number of unbranched alkanes of at least 4 members (excludes halogenated alkanes) is 32. The highest BCUT2D eigenvalue weighted by Gasteiger charge is 2.31. The van der Waals surface area contributed by atoms with E-state index in [9.17, 15) is 24.5 Å². The molecule has 0 aliphatic rings. The average molecular weight is 848 g/mol. The third-order valence-electron chi connectivity index (χ3n) is 11.7. The van der Waals surface area contributed by atoms with E-state index in [2.05, 4.69) is 19.2 Å². The van der Waals surface area contributed by atoms with Gasteiger partial charge in [-0.05, 0) is 12.8 Å². The number of likely N-dealkylation sites (N-methyl/N-ethyl adjacent to an activating group) is 1. The van der Waals surface area contributed by atoms with Crippen LogP contribution in [0.1, 0.15) is 245 Å². The van der Waals surface area contributed by atoms with Gasteiger partial charge in [0.25, 0.3) is 0 Å². The van der Waals surface area contributed by atoms with Crippen molar-refractivity contribution in [1.82, 2.24) is 5.32 Å². The molecule has 0 aromatic heterocycles. The molecule has 1 amide bonds. The van der Waals surface area contributed by atoms with Crippen molar-refractivity contribution in [2.45, 2.75) is 263 Å². The second kappa shape index (κ2) is 40.5. The summed E-state index contributed by atoms with van der Waals surface area (Å²) in [6.07, 6.45) is 41.7. The van der Waals surface area contributed by atoms with Gasteiger partial charge >= 0.3 is 7.82 Å². The minimum absolute atomic E-state index is 0.0257. The van der Waals surface area contributed by atoms with Crippen LogP contribution in [0.5, 0.6) is 0 Å². The zero-order valence-electron chi connectivity index (χ0n) is 39.2. The van der Waals surface area contributed by atoms with Crippen LogP contribution in [0, 0.1) is 0 Å². The first-order valence-corrected chi connectivity index (χ1v) is 26.5. The van der Waals surface area contributed by atoms with Crippen LogP contribution in [0.25, 0.3) is 0 Å². The summed E-state index contributed by atoms with van der Waals surface area (Å²) in [7, 11) is 1.45. The zero-order chi connectivity index (χ0) is 43.0. The Bertz CT molecular complexity index is 934. The third-order valence-corrected chi connectivity index (χ3v) is 12.7. The number of hydrogen-bond donors (Lipinski definition) is 4. The topological polar surface area (TPSA) is 125 Å². The Morgan fingerprint density at radius 3 is 1.21 bits per heavy atom. The van der Waals surface area contributed by atoms with Crippen molar-refractivity contribution in [2.24, 2.45) is 0 Å². The van der Waals surface area contributed by atoms with Gasteiger partial charge < -0.3 is 24.9 Å². The molecule has 0 aliphatic heterocycles. The van der Waals surface area contributed by atoms with Gasteiger partial charge in [0.2, 0.25) is 5.91 Å². The van der Waals surface area contributed by atoms with Gasteiger partial charge in [-0.25, -0.2) is 4.57 Å². The van der Waals surface area contributed by atoms with Gasteiger partial charge in [0.05, 0.1) is 39.9 Å². The number of aliphatic hydroxyl groups is 2. The van der Waals surface area contributed by atoms with Crippen molar-refractivity contribution >= 4 is 13.7 Å². The van der Waals surface area contributed by atoms with E-state index in [1.165, 1.54) is 180 Å². The van der Waals surface area contributed by atoms with Crippen molar-refractivity contribution in [1.29, 1.82) is 0 Å². The molecular formula is C48H100N2O7P+.